The Morgan fingerprint density at radius 2 is 2.14 bits per heavy atom. The number of aryl methyl sites for hydroxylation is 1. The molecule has 0 spiro atoms. The SMILES string of the molecule is Cc1c(C(=O)N2CCCCC2CN)oc2c1C(=O)CCC2. The molecule has 1 amide bonds. The van der Waals surface area contributed by atoms with E-state index in [4.69, 9.17) is 10.2 Å². The van der Waals surface area contributed by atoms with Crippen LogP contribution >= 0.6 is 0 Å². The van der Waals surface area contributed by atoms with E-state index in [1.54, 1.807) is 0 Å². The summed E-state index contributed by atoms with van der Waals surface area (Å²) in [5.41, 5.74) is 7.14. The Labute approximate surface area is 124 Å². The number of nitrogens with zero attached hydrogens (tertiary/aromatic N) is 1. The van der Waals surface area contributed by atoms with E-state index in [2.05, 4.69) is 0 Å². The van der Waals surface area contributed by atoms with Gasteiger partial charge in [0.25, 0.3) is 5.91 Å². The molecule has 1 aliphatic carbocycles. The number of fused-ring (bicyclic) bond motifs is 1. The van der Waals surface area contributed by atoms with E-state index in [0.717, 1.165) is 38.6 Å². The second-order valence-electron chi connectivity index (χ2n) is 6.01. The first-order valence-electron chi connectivity index (χ1n) is 7.80. The van der Waals surface area contributed by atoms with Gasteiger partial charge in [0.1, 0.15) is 5.76 Å². The Balaban J connectivity index is 1.93. The van der Waals surface area contributed by atoms with E-state index < -0.39 is 0 Å². The maximum Gasteiger partial charge on any atom is 0.290 e. The average Bonchev–Trinajstić information content (AvgIpc) is 2.85. The smallest absolute Gasteiger partial charge is 0.290 e. The minimum absolute atomic E-state index is 0.0866. The lowest BCUT2D eigenvalue weighted by atomic mass is 9.93. The Morgan fingerprint density at radius 3 is 2.86 bits per heavy atom. The number of hydrogen-bond donors (Lipinski definition) is 1. The van der Waals surface area contributed by atoms with Crippen molar-refractivity contribution in [1.29, 1.82) is 0 Å². The monoisotopic (exact) mass is 290 g/mol. The predicted molar refractivity (Wildman–Crippen MR) is 78.4 cm³/mol. The first-order valence-corrected chi connectivity index (χ1v) is 7.80. The summed E-state index contributed by atoms with van der Waals surface area (Å²) in [4.78, 5) is 26.6. The highest BCUT2D eigenvalue weighted by Crippen LogP contribution is 2.31. The third-order valence-corrected chi connectivity index (χ3v) is 4.66. The van der Waals surface area contributed by atoms with E-state index >= 15 is 0 Å². The molecule has 114 valence electrons. The number of furan rings is 1. The summed E-state index contributed by atoms with van der Waals surface area (Å²) in [5, 5.41) is 0. The number of Topliss-reactive ketones (excluding diaryl/α,β-unsaturated/α-hetero) is 1. The summed E-state index contributed by atoms with van der Waals surface area (Å²) in [6, 6.07) is 0.0866. The van der Waals surface area contributed by atoms with Crippen LogP contribution in [0, 0.1) is 6.92 Å². The molecule has 0 aromatic carbocycles. The van der Waals surface area contributed by atoms with Gasteiger partial charge >= 0.3 is 0 Å². The Kier molecular flexibility index (Phi) is 3.85. The van der Waals surface area contributed by atoms with Gasteiger partial charge in [-0.1, -0.05) is 0 Å². The fourth-order valence-corrected chi connectivity index (χ4v) is 3.50. The van der Waals surface area contributed by atoms with E-state index in [0.29, 0.717) is 35.6 Å². The second kappa shape index (κ2) is 5.64. The molecule has 1 atom stereocenters. The standard InChI is InChI=1S/C16H22N2O3/c1-10-14-12(19)6-4-7-13(14)21-15(10)16(20)18-8-3-2-5-11(18)9-17/h11H,2-9,17H2,1H3. The van der Waals surface area contributed by atoms with Crippen LogP contribution in [0.4, 0.5) is 0 Å². The van der Waals surface area contributed by atoms with Gasteiger partial charge in [0, 0.05) is 37.5 Å². The van der Waals surface area contributed by atoms with Gasteiger partial charge in [0.15, 0.2) is 11.5 Å². The number of ketones is 1. The van der Waals surface area contributed by atoms with Crippen LogP contribution in [-0.4, -0.2) is 35.7 Å². The van der Waals surface area contributed by atoms with Gasteiger partial charge in [-0.2, -0.15) is 0 Å². The number of nitrogens with two attached hydrogens (primary N) is 1. The van der Waals surface area contributed by atoms with Crippen molar-refractivity contribution in [2.24, 2.45) is 5.73 Å². The highest BCUT2D eigenvalue weighted by Gasteiger charge is 2.33. The van der Waals surface area contributed by atoms with Crippen molar-refractivity contribution < 1.29 is 14.0 Å². The Hall–Kier alpha value is -1.62. The maximum atomic E-state index is 12.8. The number of hydrogen-bond acceptors (Lipinski definition) is 4. The van der Waals surface area contributed by atoms with Crippen LogP contribution in [0.25, 0.3) is 0 Å². The van der Waals surface area contributed by atoms with Crippen molar-refractivity contribution in [3.8, 4) is 0 Å². The largest absolute Gasteiger partial charge is 0.455 e. The van der Waals surface area contributed by atoms with Crippen LogP contribution in [0.1, 0.15) is 64.3 Å². The molecule has 0 saturated carbocycles. The van der Waals surface area contributed by atoms with Crippen molar-refractivity contribution in [3.05, 3.63) is 22.6 Å². The number of amides is 1. The lowest BCUT2D eigenvalue weighted by Gasteiger charge is -2.34. The first kappa shape index (κ1) is 14.3. The van der Waals surface area contributed by atoms with E-state index in [1.165, 1.54) is 0 Å². The van der Waals surface area contributed by atoms with Gasteiger partial charge in [-0.3, -0.25) is 9.59 Å². The summed E-state index contributed by atoms with van der Waals surface area (Å²) in [6.07, 6.45) is 5.16. The molecular formula is C16H22N2O3. The van der Waals surface area contributed by atoms with Gasteiger partial charge in [-0.15, -0.1) is 0 Å². The van der Waals surface area contributed by atoms with Crippen molar-refractivity contribution >= 4 is 11.7 Å². The zero-order chi connectivity index (χ0) is 15.0. The summed E-state index contributed by atoms with van der Waals surface area (Å²) < 4.78 is 5.76. The quantitative estimate of drug-likeness (QED) is 0.904. The fraction of sp³-hybridized carbons (Fsp3) is 0.625. The van der Waals surface area contributed by atoms with Crippen molar-refractivity contribution in [3.63, 3.8) is 0 Å². The average molecular weight is 290 g/mol. The number of rotatable bonds is 2. The topological polar surface area (TPSA) is 76.5 Å². The summed E-state index contributed by atoms with van der Waals surface area (Å²) in [5.74, 6) is 1.03. The van der Waals surface area contributed by atoms with Crippen LogP contribution in [0.5, 0.6) is 0 Å². The molecule has 2 N–H and O–H groups in total. The molecule has 0 bridgehead atoms. The van der Waals surface area contributed by atoms with Gasteiger partial charge in [-0.25, -0.2) is 0 Å². The minimum atomic E-state index is -0.107. The molecule has 3 rings (SSSR count). The Morgan fingerprint density at radius 1 is 1.33 bits per heavy atom. The van der Waals surface area contributed by atoms with E-state index in [-0.39, 0.29) is 17.7 Å². The summed E-state index contributed by atoms with van der Waals surface area (Å²) in [6.45, 7) is 3.02. The molecule has 0 radical (unpaired) electrons. The van der Waals surface area contributed by atoms with Crippen molar-refractivity contribution in [2.75, 3.05) is 13.1 Å². The minimum Gasteiger partial charge on any atom is -0.455 e. The molecule has 1 aromatic heterocycles. The molecule has 2 aliphatic rings. The molecule has 1 aromatic rings. The van der Waals surface area contributed by atoms with Gasteiger partial charge < -0.3 is 15.1 Å². The molecule has 1 unspecified atom stereocenters. The number of likely N-dealkylation sites (tertiary alicyclic amines) is 1. The lowest BCUT2D eigenvalue weighted by Crippen LogP contribution is -2.47. The van der Waals surface area contributed by atoms with Crippen LogP contribution in [-0.2, 0) is 6.42 Å². The van der Waals surface area contributed by atoms with E-state index in [9.17, 15) is 9.59 Å². The molecule has 1 aliphatic heterocycles. The lowest BCUT2D eigenvalue weighted by molar-refractivity contribution is 0.0587. The molecular weight excluding hydrogens is 268 g/mol. The third kappa shape index (κ3) is 2.39. The van der Waals surface area contributed by atoms with Crippen LogP contribution in [0.2, 0.25) is 0 Å². The summed E-state index contributed by atoms with van der Waals surface area (Å²) >= 11 is 0. The molecule has 21 heavy (non-hydrogen) atoms. The molecule has 1 saturated heterocycles. The number of carbonyl (C=O) groups excluding carboxylic acids is 2. The van der Waals surface area contributed by atoms with Gasteiger partial charge in [0.2, 0.25) is 0 Å². The van der Waals surface area contributed by atoms with Gasteiger partial charge in [-0.05, 0) is 32.6 Å². The molecule has 2 heterocycles. The fourth-order valence-electron chi connectivity index (χ4n) is 3.50. The van der Waals surface area contributed by atoms with Crippen molar-refractivity contribution in [2.45, 2.75) is 51.5 Å². The number of carbonyl (C=O) groups is 2. The van der Waals surface area contributed by atoms with Crippen molar-refractivity contribution in [1.82, 2.24) is 4.90 Å². The normalized spacial score (nSPS) is 22.3. The summed E-state index contributed by atoms with van der Waals surface area (Å²) in [7, 11) is 0. The zero-order valence-electron chi connectivity index (χ0n) is 12.5. The van der Waals surface area contributed by atoms with Crippen LogP contribution in [0.15, 0.2) is 4.42 Å². The molecule has 5 nitrogen and oxygen atoms in total. The van der Waals surface area contributed by atoms with Gasteiger partial charge in [0.05, 0.1) is 5.56 Å². The zero-order valence-corrected chi connectivity index (χ0v) is 12.5. The predicted octanol–water partition coefficient (Wildman–Crippen LogP) is 2.06. The van der Waals surface area contributed by atoms with Crippen LogP contribution in [0.3, 0.4) is 0 Å². The third-order valence-electron chi connectivity index (χ3n) is 4.66. The Bertz CT molecular complexity index is 576. The maximum absolute atomic E-state index is 12.8. The van der Waals surface area contributed by atoms with Crippen LogP contribution < -0.4 is 5.73 Å². The van der Waals surface area contributed by atoms with E-state index in [1.807, 2.05) is 11.8 Å². The second-order valence-corrected chi connectivity index (χ2v) is 6.01. The first-order chi connectivity index (χ1) is 10.1. The highest BCUT2D eigenvalue weighted by atomic mass is 16.4. The molecule has 5 heteroatoms. The number of piperidine rings is 1. The molecule has 1 fully saturated rings. The highest BCUT2D eigenvalue weighted by molar-refractivity contribution is 6.03.